The molecule has 1 aromatic carbocycles. The zero-order valence-corrected chi connectivity index (χ0v) is 16.3. The maximum atomic E-state index is 12.3. The lowest BCUT2D eigenvalue weighted by Crippen LogP contribution is -2.40. The van der Waals surface area contributed by atoms with Gasteiger partial charge in [0.05, 0.1) is 13.7 Å². The van der Waals surface area contributed by atoms with Crippen LogP contribution in [0.3, 0.4) is 0 Å². The van der Waals surface area contributed by atoms with Crippen molar-refractivity contribution in [1.29, 1.82) is 0 Å². The van der Waals surface area contributed by atoms with E-state index in [9.17, 15) is 14.7 Å². The fraction of sp³-hybridized carbons (Fsp3) is 0.500. The van der Waals surface area contributed by atoms with Crippen molar-refractivity contribution in [2.75, 3.05) is 20.3 Å². The molecule has 7 heteroatoms. The Hall–Kier alpha value is -2.54. The van der Waals surface area contributed by atoms with E-state index in [1.165, 1.54) is 0 Å². The Bertz CT molecular complexity index is 702. The summed E-state index contributed by atoms with van der Waals surface area (Å²) in [6.07, 6.45) is 3.43. The molecule has 1 aliphatic heterocycles. The van der Waals surface area contributed by atoms with Gasteiger partial charge in [-0.25, -0.2) is 4.79 Å². The van der Waals surface area contributed by atoms with Crippen LogP contribution in [0.15, 0.2) is 24.3 Å². The minimum Gasteiger partial charge on any atom is -0.493 e. The van der Waals surface area contributed by atoms with Gasteiger partial charge in [0, 0.05) is 0 Å². The zero-order chi connectivity index (χ0) is 20.0. The fourth-order valence-corrected chi connectivity index (χ4v) is 2.93. The summed E-state index contributed by atoms with van der Waals surface area (Å²) in [6, 6.07) is 4.46. The molecule has 1 fully saturated rings. The number of ether oxygens (including phenoxy) is 2. The van der Waals surface area contributed by atoms with E-state index in [-0.39, 0.29) is 25.0 Å². The van der Waals surface area contributed by atoms with Gasteiger partial charge in [0.15, 0.2) is 11.5 Å². The Kier molecular flexibility index (Phi) is 7.24. The number of imide groups is 1. The summed E-state index contributed by atoms with van der Waals surface area (Å²) in [5, 5.41) is 12.9. The monoisotopic (exact) mass is 376 g/mol. The van der Waals surface area contributed by atoms with Gasteiger partial charge in [-0.2, -0.15) is 0 Å². The number of allylic oxidation sites excluding steroid dienone is 1. The molecule has 0 saturated carbocycles. The van der Waals surface area contributed by atoms with E-state index >= 15 is 0 Å². The summed E-state index contributed by atoms with van der Waals surface area (Å²) in [4.78, 5) is 25.4. The van der Waals surface area contributed by atoms with Crippen molar-refractivity contribution < 1.29 is 24.2 Å². The number of benzene rings is 1. The highest BCUT2D eigenvalue weighted by Crippen LogP contribution is 2.28. The zero-order valence-electron chi connectivity index (χ0n) is 16.3. The quantitative estimate of drug-likeness (QED) is 0.646. The SMILES string of the molecule is C/C=C\c1ccc(OC[C@H](O)CN2C(=O)N[C@H](CC(C)C)C2=O)c(OC)c1. The third-order valence-electron chi connectivity index (χ3n) is 4.19. The molecule has 0 aliphatic carbocycles. The molecule has 2 atom stereocenters. The van der Waals surface area contributed by atoms with Crippen LogP contribution >= 0.6 is 0 Å². The van der Waals surface area contributed by atoms with Gasteiger partial charge in [-0.15, -0.1) is 0 Å². The van der Waals surface area contributed by atoms with Crippen molar-refractivity contribution >= 4 is 18.0 Å². The molecule has 2 rings (SSSR count). The van der Waals surface area contributed by atoms with E-state index in [4.69, 9.17) is 9.47 Å². The van der Waals surface area contributed by atoms with Gasteiger partial charge in [-0.05, 0) is 37.0 Å². The highest BCUT2D eigenvalue weighted by atomic mass is 16.5. The Morgan fingerprint density at radius 2 is 2.04 bits per heavy atom. The third-order valence-corrected chi connectivity index (χ3v) is 4.19. The first-order chi connectivity index (χ1) is 12.8. The van der Waals surface area contributed by atoms with Crippen molar-refractivity contribution in [3.8, 4) is 11.5 Å². The lowest BCUT2D eigenvalue weighted by Gasteiger charge is -2.19. The summed E-state index contributed by atoms with van der Waals surface area (Å²) in [5.74, 6) is 1.01. The van der Waals surface area contributed by atoms with Crippen LogP contribution in [0.4, 0.5) is 4.79 Å². The number of amides is 3. The summed E-state index contributed by atoms with van der Waals surface area (Å²) >= 11 is 0. The maximum absolute atomic E-state index is 12.3. The van der Waals surface area contributed by atoms with Crippen molar-refractivity contribution in [3.05, 3.63) is 29.8 Å². The fourth-order valence-electron chi connectivity index (χ4n) is 2.93. The molecular weight excluding hydrogens is 348 g/mol. The number of urea groups is 1. The number of aliphatic hydroxyl groups excluding tert-OH is 1. The van der Waals surface area contributed by atoms with Crippen LogP contribution in [0.1, 0.15) is 32.8 Å². The molecule has 3 amide bonds. The van der Waals surface area contributed by atoms with E-state index < -0.39 is 18.2 Å². The van der Waals surface area contributed by atoms with Gasteiger partial charge in [0.1, 0.15) is 18.8 Å². The van der Waals surface area contributed by atoms with Gasteiger partial charge in [-0.1, -0.05) is 32.1 Å². The third kappa shape index (κ3) is 5.47. The van der Waals surface area contributed by atoms with Gasteiger partial charge in [-0.3, -0.25) is 9.69 Å². The minimum atomic E-state index is -1.00. The molecule has 1 aromatic rings. The topological polar surface area (TPSA) is 88.1 Å². The van der Waals surface area contributed by atoms with Crippen LogP contribution < -0.4 is 14.8 Å². The first-order valence-corrected chi connectivity index (χ1v) is 9.09. The molecule has 1 heterocycles. The Morgan fingerprint density at radius 1 is 1.30 bits per heavy atom. The minimum absolute atomic E-state index is 0.0643. The van der Waals surface area contributed by atoms with E-state index in [1.54, 1.807) is 13.2 Å². The Morgan fingerprint density at radius 3 is 2.67 bits per heavy atom. The van der Waals surface area contributed by atoms with Crippen LogP contribution in [0.25, 0.3) is 6.08 Å². The largest absolute Gasteiger partial charge is 0.493 e. The van der Waals surface area contributed by atoms with E-state index in [0.717, 1.165) is 10.5 Å². The Labute approximate surface area is 159 Å². The molecule has 1 aliphatic rings. The number of hydrogen-bond acceptors (Lipinski definition) is 5. The molecule has 0 spiro atoms. The predicted octanol–water partition coefficient (Wildman–Crippen LogP) is 2.43. The number of nitrogens with zero attached hydrogens (tertiary/aromatic N) is 1. The number of hydrogen-bond donors (Lipinski definition) is 2. The number of rotatable bonds is 9. The molecule has 0 unspecified atom stereocenters. The second-order valence-corrected chi connectivity index (χ2v) is 6.96. The number of methoxy groups -OCH3 is 1. The summed E-state index contributed by atoms with van der Waals surface area (Å²) in [6.45, 7) is 5.72. The number of carbonyl (C=O) groups is 2. The van der Waals surface area contributed by atoms with Crippen LogP contribution in [0.5, 0.6) is 11.5 Å². The smallest absolute Gasteiger partial charge is 0.324 e. The highest BCUT2D eigenvalue weighted by Gasteiger charge is 2.38. The van der Waals surface area contributed by atoms with Gasteiger partial charge < -0.3 is 19.9 Å². The molecule has 0 radical (unpaired) electrons. The van der Waals surface area contributed by atoms with Gasteiger partial charge in [0.25, 0.3) is 5.91 Å². The highest BCUT2D eigenvalue weighted by molar-refractivity contribution is 6.04. The molecule has 7 nitrogen and oxygen atoms in total. The molecule has 2 N–H and O–H groups in total. The lowest BCUT2D eigenvalue weighted by atomic mass is 10.0. The summed E-state index contributed by atoms with van der Waals surface area (Å²) in [7, 11) is 1.54. The first-order valence-electron chi connectivity index (χ1n) is 9.09. The van der Waals surface area contributed by atoms with Crippen molar-refractivity contribution in [1.82, 2.24) is 10.2 Å². The molecule has 148 valence electrons. The van der Waals surface area contributed by atoms with Crippen molar-refractivity contribution in [3.63, 3.8) is 0 Å². The maximum Gasteiger partial charge on any atom is 0.324 e. The van der Waals surface area contributed by atoms with E-state index in [1.807, 2.05) is 45.1 Å². The summed E-state index contributed by atoms with van der Waals surface area (Å²) < 4.78 is 10.9. The van der Waals surface area contributed by atoms with Crippen LogP contribution in [-0.2, 0) is 4.79 Å². The second kappa shape index (κ2) is 9.41. The number of aliphatic hydroxyl groups is 1. The van der Waals surface area contributed by atoms with Crippen LogP contribution in [0, 0.1) is 5.92 Å². The number of β-amino-alcohol motifs (C(OH)–C–C–N with tert-alkyl or cyclic N) is 1. The van der Waals surface area contributed by atoms with Crippen molar-refractivity contribution in [2.45, 2.75) is 39.3 Å². The Balaban J connectivity index is 1.93. The van der Waals surface area contributed by atoms with Crippen LogP contribution in [0.2, 0.25) is 0 Å². The molecule has 27 heavy (non-hydrogen) atoms. The molecular formula is C20H28N2O5. The van der Waals surface area contributed by atoms with Crippen molar-refractivity contribution in [2.24, 2.45) is 5.92 Å². The lowest BCUT2D eigenvalue weighted by molar-refractivity contribution is -0.128. The molecule has 1 saturated heterocycles. The van der Waals surface area contributed by atoms with Gasteiger partial charge in [0.2, 0.25) is 0 Å². The molecule has 0 aromatic heterocycles. The standard InChI is InChI=1S/C20H28N2O5/c1-5-6-14-7-8-17(18(10-14)26-4)27-12-15(23)11-22-19(24)16(9-13(2)3)21-20(22)25/h5-8,10,13,15-16,23H,9,11-12H2,1-4H3,(H,21,25)/b6-5-/t15-,16-/m1/s1. The average Bonchev–Trinajstić information content (AvgIpc) is 2.87. The average molecular weight is 376 g/mol. The summed E-state index contributed by atoms with van der Waals surface area (Å²) in [5.41, 5.74) is 0.970. The second-order valence-electron chi connectivity index (χ2n) is 6.96. The van der Waals surface area contributed by atoms with Gasteiger partial charge >= 0.3 is 6.03 Å². The normalized spacial score (nSPS) is 18.3. The predicted molar refractivity (Wildman–Crippen MR) is 103 cm³/mol. The number of carbonyl (C=O) groups excluding carboxylic acids is 2. The first kappa shape index (κ1) is 20.8. The number of nitrogens with one attached hydrogen (secondary N) is 1. The van der Waals surface area contributed by atoms with E-state index in [0.29, 0.717) is 17.9 Å². The molecule has 0 bridgehead atoms. The van der Waals surface area contributed by atoms with E-state index in [2.05, 4.69) is 5.32 Å². The van der Waals surface area contributed by atoms with Crippen LogP contribution in [-0.4, -0.2) is 54.4 Å².